The number of aryl methyl sites for hydroxylation is 2. The van der Waals surface area contributed by atoms with Crippen LogP contribution in [-0.4, -0.2) is 15.4 Å². The van der Waals surface area contributed by atoms with Crippen LogP contribution in [0.1, 0.15) is 51.0 Å². The molecular formula is C17H24ClFN2. The number of rotatable bonds is 6. The van der Waals surface area contributed by atoms with Crippen molar-refractivity contribution in [2.24, 2.45) is 5.92 Å². The molecule has 4 heteroatoms. The number of hydrogen-bond donors (Lipinski definition) is 0. The lowest BCUT2D eigenvalue weighted by Gasteiger charge is -2.20. The van der Waals surface area contributed by atoms with E-state index in [4.69, 9.17) is 11.6 Å². The van der Waals surface area contributed by atoms with Crippen molar-refractivity contribution in [3.8, 4) is 0 Å². The highest BCUT2D eigenvalue weighted by Crippen LogP contribution is 2.28. The van der Waals surface area contributed by atoms with Gasteiger partial charge in [-0.3, -0.25) is 0 Å². The van der Waals surface area contributed by atoms with Crippen molar-refractivity contribution in [2.75, 3.05) is 5.88 Å². The second kappa shape index (κ2) is 6.78. The van der Waals surface area contributed by atoms with E-state index < -0.39 is 0 Å². The van der Waals surface area contributed by atoms with Crippen molar-refractivity contribution >= 4 is 22.6 Å². The predicted octanol–water partition coefficient (Wildman–Crippen LogP) is 5.26. The molecule has 21 heavy (non-hydrogen) atoms. The lowest BCUT2D eigenvalue weighted by Crippen LogP contribution is -2.13. The zero-order valence-corrected chi connectivity index (χ0v) is 14.0. The van der Waals surface area contributed by atoms with Crippen LogP contribution in [-0.2, 0) is 6.42 Å². The maximum absolute atomic E-state index is 13.8. The summed E-state index contributed by atoms with van der Waals surface area (Å²) in [4.78, 5) is 4.60. The molecule has 1 aromatic heterocycles. The van der Waals surface area contributed by atoms with Gasteiger partial charge < -0.3 is 4.57 Å². The summed E-state index contributed by atoms with van der Waals surface area (Å²) >= 11 is 5.91. The topological polar surface area (TPSA) is 17.8 Å². The Hall–Kier alpha value is -1.09. The Morgan fingerprint density at radius 2 is 2.05 bits per heavy atom. The van der Waals surface area contributed by atoms with Crippen LogP contribution in [0.15, 0.2) is 12.1 Å². The van der Waals surface area contributed by atoms with Crippen molar-refractivity contribution in [3.05, 3.63) is 29.3 Å². The maximum atomic E-state index is 13.8. The fraction of sp³-hybridized carbons (Fsp3) is 0.588. The van der Waals surface area contributed by atoms with Crippen LogP contribution < -0.4 is 0 Å². The van der Waals surface area contributed by atoms with Crippen molar-refractivity contribution in [3.63, 3.8) is 0 Å². The van der Waals surface area contributed by atoms with Crippen molar-refractivity contribution in [1.82, 2.24) is 9.55 Å². The fourth-order valence-corrected chi connectivity index (χ4v) is 3.05. The summed E-state index contributed by atoms with van der Waals surface area (Å²) in [6.07, 6.45) is 2.96. The summed E-state index contributed by atoms with van der Waals surface area (Å²) in [6, 6.07) is 3.78. The molecule has 0 aliphatic rings. The quantitative estimate of drug-likeness (QED) is 0.665. The molecular weight excluding hydrogens is 287 g/mol. The van der Waals surface area contributed by atoms with E-state index >= 15 is 0 Å². The molecule has 0 aliphatic carbocycles. The molecule has 0 aliphatic heterocycles. The first kappa shape index (κ1) is 16.3. The molecule has 2 aromatic rings. The molecule has 0 N–H and O–H groups in total. The highest BCUT2D eigenvalue weighted by atomic mass is 35.5. The number of aromatic nitrogens is 2. The molecule has 2 nitrogen and oxygen atoms in total. The van der Waals surface area contributed by atoms with E-state index in [9.17, 15) is 4.39 Å². The Kier molecular flexibility index (Phi) is 5.26. The molecule has 0 spiro atoms. The highest BCUT2D eigenvalue weighted by Gasteiger charge is 2.18. The highest BCUT2D eigenvalue weighted by molar-refractivity contribution is 6.17. The first-order chi connectivity index (χ1) is 9.97. The number of fused-ring (bicyclic) bond motifs is 1. The smallest absolute Gasteiger partial charge is 0.128 e. The van der Waals surface area contributed by atoms with Gasteiger partial charge in [0.25, 0.3) is 0 Å². The molecule has 2 rings (SSSR count). The molecule has 0 bridgehead atoms. The molecule has 116 valence electrons. The van der Waals surface area contributed by atoms with E-state index in [-0.39, 0.29) is 5.82 Å². The number of hydrogen-bond acceptors (Lipinski definition) is 1. The van der Waals surface area contributed by atoms with E-state index in [0.29, 0.717) is 29.8 Å². The summed E-state index contributed by atoms with van der Waals surface area (Å²) < 4.78 is 16.0. The first-order valence-electron chi connectivity index (χ1n) is 7.70. The van der Waals surface area contributed by atoms with Gasteiger partial charge in [-0.1, -0.05) is 20.3 Å². The molecule has 1 aromatic carbocycles. The Balaban J connectivity index is 2.52. The largest absolute Gasteiger partial charge is 0.325 e. The van der Waals surface area contributed by atoms with Crippen LogP contribution in [0.25, 0.3) is 11.0 Å². The zero-order chi connectivity index (χ0) is 15.6. The third-order valence-electron chi connectivity index (χ3n) is 4.24. The van der Waals surface area contributed by atoms with Crippen LogP contribution in [0.2, 0.25) is 0 Å². The second-order valence-corrected chi connectivity index (χ2v) is 6.40. The number of benzene rings is 1. The SMILES string of the molecule is CCC(C)CC(C)n1c(CCCl)nc2cc(F)c(C)cc21. The average molecular weight is 311 g/mol. The van der Waals surface area contributed by atoms with E-state index in [1.165, 1.54) is 6.07 Å². The van der Waals surface area contributed by atoms with Gasteiger partial charge in [0.1, 0.15) is 11.6 Å². The lowest BCUT2D eigenvalue weighted by molar-refractivity contribution is 0.397. The Labute approximate surface area is 131 Å². The van der Waals surface area contributed by atoms with Gasteiger partial charge in [0.15, 0.2) is 0 Å². The minimum atomic E-state index is -0.195. The van der Waals surface area contributed by atoms with Gasteiger partial charge in [-0.25, -0.2) is 9.37 Å². The van der Waals surface area contributed by atoms with Gasteiger partial charge in [0.05, 0.1) is 11.0 Å². The molecule has 0 amide bonds. The molecule has 2 unspecified atom stereocenters. The summed E-state index contributed by atoms with van der Waals surface area (Å²) in [5, 5.41) is 0. The molecule has 1 heterocycles. The van der Waals surface area contributed by atoms with Gasteiger partial charge in [-0.15, -0.1) is 11.6 Å². The minimum Gasteiger partial charge on any atom is -0.325 e. The van der Waals surface area contributed by atoms with Crippen LogP contribution in [0.5, 0.6) is 0 Å². The third-order valence-corrected chi connectivity index (χ3v) is 4.43. The van der Waals surface area contributed by atoms with Crippen LogP contribution >= 0.6 is 11.6 Å². The summed E-state index contributed by atoms with van der Waals surface area (Å²) in [6.45, 7) is 8.49. The molecule has 2 atom stereocenters. The number of nitrogens with zero attached hydrogens (tertiary/aromatic N) is 2. The Morgan fingerprint density at radius 1 is 1.33 bits per heavy atom. The normalized spacial score (nSPS) is 14.6. The van der Waals surface area contributed by atoms with E-state index in [0.717, 1.165) is 29.7 Å². The molecule has 0 saturated heterocycles. The number of imidazole rings is 1. The number of halogens is 2. The zero-order valence-electron chi connectivity index (χ0n) is 13.3. The molecule has 0 saturated carbocycles. The Morgan fingerprint density at radius 3 is 2.67 bits per heavy atom. The van der Waals surface area contributed by atoms with Crippen molar-refractivity contribution < 1.29 is 4.39 Å². The third kappa shape index (κ3) is 3.39. The monoisotopic (exact) mass is 310 g/mol. The Bertz CT molecular complexity index is 621. The standard InChI is InChI=1S/C17H24ClFN2/c1-5-11(2)8-13(4)21-16-9-12(3)14(19)10-15(16)20-17(21)6-7-18/h9-11,13H,5-8H2,1-4H3. The fourth-order valence-electron chi connectivity index (χ4n) is 2.88. The lowest BCUT2D eigenvalue weighted by atomic mass is 10.00. The van der Waals surface area contributed by atoms with Crippen LogP contribution in [0.4, 0.5) is 4.39 Å². The molecule has 0 radical (unpaired) electrons. The predicted molar refractivity (Wildman–Crippen MR) is 87.6 cm³/mol. The van der Waals surface area contributed by atoms with E-state index in [2.05, 4.69) is 30.3 Å². The summed E-state index contributed by atoms with van der Waals surface area (Å²) in [7, 11) is 0. The minimum absolute atomic E-state index is 0.195. The summed E-state index contributed by atoms with van der Waals surface area (Å²) in [5.41, 5.74) is 2.41. The van der Waals surface area contributed by atoms with Crippen molar-refractivity contribution in [1.29, 1.82) is 0 Å². The number of alkyl halides is 1. The average Bonchev–Trinajstić information content (AvgIpc) is 2.76. The van der Waals surface area contributed by atoms with Gasteiger partial charge >= 0.3 is 0 Å². The summed E-state index contributed by atoms with van der Waals surface area (Å²) in [5.74, 6) is 1.95. The second-order valence-electron chi connectivity index (χ2n) is 6.03. The van der Waals surface area contributed by atoms with Gasteiger partial charge in [-0.05, 0) is 37.8 Å². The van der Waals surface area contributed by atoms with Gasteiger partial charge in [-0.2, -0.15) is 0 Å². The van der Waals surface area contributed by atoms with Gasteiger partial charge in [0, 0.05) is 24.4 Å². The van der Waals surface area contributed by atoms with Crippen LogP contribution in [0, 0.1) is 18.7 Å². The molecule has 0 fully saturated rings. The maximum Gasteiger partial charge on any atom is 0.128 e. The van der Waals surface area contributed by atoms with E-state index in [1.807, 2.05) is 6.07 Å². The first-order valence-corrected chi connectivity index (χ1v) is 8.24. The van der Waals surface area contributed by atoms with Gasteiger partial charge in [0.2, 0.25) is 0 Å². The van der Waals surface area contributed by atoms with E-state index in [1.54, 1.807) is 6.92 Å². The van der Waals surface area contributed by atoms with Crippen LogP contribution in [0.3, 0.4) is 0 Å². The van der Waals surface area contributed by atoms with Crippen molar-refractivity contribution in [2.45, 2.75) is 53.0 Å².